The first-order valence-corrected chi connectivity index (χ1v) is 5.54. The van der Waals surface area contributed by atoms with Gasteiger partial charge in [0.2, 0.25) is 0 Å². The number of hydrogen-bond donors (Lipinski definition) is 2. The second-order valence-corrected chi connectivity index (χ2v) is 4.23. The van der Waals surface area contributed by atoms with Crippen molar-refractivity contribution in [1.29, 1.82) is 0 Å². The fraction of sp³-hybridized carbons (Fsp3) is 0.182. The molecule has 0 saturated carbocycles. The van der Waals surface area contributed by atoms with E-state index in [1.165, 1.54) is 0 Å². The normalized spacial score (nSPS) is 10.5. The summed E-state index contributed by atoms with van der Waals surface area (Å²) in [4.78, 5) is 0. The molecule has 0 unspecified atom stereocenters. The van der Waals surface area contributed by atoms with Gasteiger partial charge in [0.05, 0.1) is 5.69 Å². The van der Waals surface area contributed by atoms with Crippen LogP contribution in [-0.2, 0) is 6.54 Å². The number of nitrogens with one attached hydrogen (secondary N) is 2. The van der Waals surface area contributed by atoms with E-state index < -0.39 is 0 Å². The van der Waals surface area contributed by atoms with E-state index in [0.29, 0.717) is 0 Å². The molecule has 2 aromatic rings. The third-order valence-electron chi connectivity index (χ3n) is 2.12. The predicted molar refractivity (Wildman–Crippen MR) is 64.5 cm³/mol. The van der Waals surface area contributed by atoms with E-state index in [9.17, 15) is 0 Å². The topological polar surface area (TPSA) is 40.7 Å². The zero-order valence-corrected chi connectivity index (χ0v) is 10.0. The van der Waals surface area contributed by atoms with Crippen LogP contribution in [0.15, 0.2) is 34.8 Å². The fourth-order valence-electron chi connectivity index (χ4n) is 1.44. The lowest BCUT2D eigenvalue weighted by Gasteiger charge is -1.96. The average Bonchev–Trinajstić information content (AvgIpc) is 2.67. The third kappa shape index (κ3) is 2.46. The van der Waals surface area contributed by atoms with Crippen molar-refractivity contribution in [1.82, 2.24) is 15.5 Å². The van der Waals surface area contributed by atoms with Crippen molar-refractivity contribution in [2.75, 3.05) is 7.05 Å². The van der Waals surface area contributed by atoms with E-state index in [4.69, 9.17) is 0 Å². The summed E-state index contributed by atoms with van der Waals surface area (Å²) in [7, 11) is 1.92. The van der Waals surface area contributed by atoms with Gasteiger partial charge in [-0.2, -0.15) is 5.10 Å². The molecule has 0 amide bonds. The van der Waals surface area contributed by atoms with Gasteiger partial charge in [0.1, 0.15) is 0 Å². The molecule has 0 saturated heterocycles. The van der Waals surface area contributed by atoms with Gasteiger partial charge < -0.3 is 5.32 Å². The van der Waals surface area contributed by atoms with Gasteiger partial charge in [-0.25, -0.2) is 0 Å². The molecule has 1 aromatic heterocycles. The quantitative estimate of drug-likeness (QED) is 0.896. The first kappa shape index (κ1) is 10.4. The summed E-state index contributed by atoms with van der Waals surface area (Å²) < 4.78 is 1.07. The minimum absolute atomic E-state index is 0.807. The van der Waals surface area contributed by atoms with Crippen LogP contribution in [0.4, 0.5) is 0 Å². The van der Waals surface area contributed by atoms with Crippen LogP contribution in [-0.4, -0.2) is 17.2 Å². The molecule has 1 aromatic carbocycles. The lowest BCUT2D eigenvalue weighted by atomic mass is 10.1. The Morgan fingerprint density at radius 1 is 1.40 bits per heavy atom. The molecular weight excluding hydrogens is 254 g/mol. The van der Waals surface area contributed by atoms with Gasteiger partial charge in [0.25, 0.3) is 0 Å². The maximum atomic E-state index is 4.26. The SMILES string of the molecule is CNCc1cc(-c2cccc(Br)c2)n[nH]1. The average molecular weight is 266 g/mol. The highest BCUT2D eigenvalue weighted by atomic mass is 79.9. The van der Waals surface area contributed by atoms with Crippen LogP contribution in [0.2, 0.25) is 0 Å². The first-order valence-electron chi connectivity index (χ1n) is 4.74. The van der Waals surface area contributed by atoms with Crippen molar-refractivity contribution in [3.05, 3.63) is 40.5 Å². The second-order valence-electron chi connectivity index (χ2n) is 3.32. The van der Waals surface area contributed by atoms with Crippen LogP contribution in [0.25, 0.3) is 11.3 Å². The molecule has 2 N–H and O–H groups in total. The summed E-state index contributed by atoms with van der Waals surface area (Å²) in [5.41, 5.74) is 3.18. The zero-order chi connectivity index (χ0) is 10.7. The van der Waals surface area contributed by atoms with Gasteiger partial charge in [-0.3, -0.25) is 5.10 Å². The van der Waals surface area contributed by atoms with Crippen molar-refractivity contribution in [3.63, 3.8) is 0 Å². The van der Waals surface area contributed by atoms with E-state index >= 15 is 0 Å². The molecule has 0 aliphatic heterocycles. The van der Waals surface area contributed by atoms with Crippen molar-refractivity contribution in [2.45, 2.75) is 6.54 Å². The fourth-order valence-corrected chi connectivity index (χ4v) is 1.84. The minimum atomic E-state index is 0.807. The molecule has 2 rings (SSSR count). The Morgan fingerprint density at radius 3 is 3.00 bits per heavy atom. The van der Waals surface area contributed by atoms with Crippen molar-refractivity contribution >= 4 is 15.9 Å². The number of aromatic amines is 1. The minimum Gasteiger partial charge on any atom is -0.314 e. The summed E-state index contributed by atoms with van der Waals surface area (Å²) >= 11 is 3.45. The van der Waals surface area contributed by atoms with Crippen molar-refractivity contribution < 1.29 is 0 Å². The molecule has 0 radical (unpaired) electrons. The van der Waals surface area contributed by atoms with Gasteiger partial charge in [-0.05, 0) is 25.2 Å². The number of benzene rings is 1. The van der Waals surface area contributed by atoms with Crippen LogP contribution in [0.5, 0.6) is 0 Å². The van der Waals surface area contributed by atoms with Gasteiger partial charge in [0.15, 0.2) is 0 Å². The number of rotatable bonds is 3. The second kappa shape index (κ2) is 4.59. The number of halogens is 1. The molecule has 0 aliphatic carbocycles. The maximum absolute atomic E-state index is 4.26. The van der Waals surface area contributed by atoms with Crippen LogP contribution in [0.3, 0.4) is 0 Å². The number of aromatic nitrogens is 2. The Kier molecular flexibility index (Phi) is 3.18. The number of nitrogens with zero attached hydrogens (tertiary/aromatic N) is 1. The molecule has 3 nitrogen and oxygen atoms in total. The number of H-pyrrole nitrogens is 1. The molecular formula is C11H12BrN3. The van der Waals surface area contributed by atoms with Crippen LogP contribution in [0, 0.1) is 0 Å². The summed E-state index contributed by atoms with van der Waals surface area (Å²) in [6, 6.07) is 10.2. The first-order chi connectivity index (χ1) is 7.29. The summed E-state index contributed by atoms with van der Waals surface area (Å²) in [5.74, 6) is 0. The van der Waals surface area contributed by atoms with Crippen LogP contribution >= 0.6 is 15.9 Å². The Morgan fingerprint density at radius 2 is 2.27 bits per heavy atom. The molecule has 4 heteroatoms. The lowest BCUT2D eigenvalue weighted by Crippen LogP contribution is -2.04. The van der Waals surface area contributed by atoms with Crippen LogP contribution < -0.4 is 5.32 Å². The van der Waals surface area contributed by atoms with Gasteiger partial charge >= 0.3 is 0 Å². The highest BCUT2D eigenvalue weighted by Crippen LogP contribution is 2.21. The Hall–Kier alpha value is -1.13. The monoisotopic (exact) mass is 265 g/mol. The molecule has 0 atom stereocenters. The standard InChI is InChI=1S/C11H12BrN3/c1-13-7-10-6-11(15-14-10)8-3-2-4-9(12)5-8/h2-6,13H,7H2,1H3,(H,14,15). The van der Waals surface area contributed by atoms with Crippen LogP contribution in [0.1, 0.15) is 5.69 Å². The molecule has 15 heavy (non-hydrogen) atoms. The van der Waals surface area contributed by atoms with Crippen molar-refractivity contribution in [2.24, 2.45) is 0 Å². The molecule has 0 spiro atoms. The molecule has 1 heterocycles. The Labute approximate surface area is 97.0 Å². The van der Waals surface area contributed by atoms with Gasteiger partial charge in [-0.1, -0.05) is 28.1 Å². The smallest absolute Gasteiger partial charge is 0.0924 e. The van der Waals surface area contributed by atoms with E-state index in [1.807, 2.05) is 25.2 Å². The van der Waals surface area contributed by atoms with E-state index in [2.05, 4.69) is 43.6 Å². The molecule has 0 bridgehead atoms. The molecule has 0 fully saturated rings. The summed E-state index contributed by atoms with van der Waals surface area (Å²) in [6.45, 7) is 0.807. The molecule has 78 valence electrons. The highest BCUT2D eigenvalue weighted by Gasteiger charge is 2.03. The Bertz CT molecular complexity index is 451. The summed E-state index contributed by atoms with van der Waals surface area (Å²) in [5, 5.41) is 10.3. The van der Waals surface area contributed by atoms with E-state index in [1.54, 1.807) is 0 Å². The zero-order valence-electron chi connectivity index (χ0n) is 8.42. The van der Waals surface area contributed by atoms with Gasteiger partial charge in [0, 0.05) is 22.3 Å². The molecule has 0 aliphatic rings. The predicted octanol–water partition coefficient (Wildman–Crippen LogP) is 2.56. The van der Waals surface area contributed by atoms with Gasteiger partial charge in [-0.15, -0.1) is 0 Å². The highest BCUT2D eigenvalue weighted by molar-refractivity contribution is 9.10. The summed E-state index contributed by atoms with van der Waals surface area (Å²) in [6.07, 6.45) is 0. The lowest BCUT2D eigenvalue weighted by molar-refractivity contribution is 0.784. The third-order valence-corrected chi connectivity index (χ3v) is 2.61. The largest absolute Gasteiger partial charge is 0.314 e. The maximum Gasteiger partial charge on any atom is 0.0924 e. The van der Waals surface area contributed by atoms with E-state index in [0.717, 1.165) is 28.0 Å². The van der Waals surface area contributed by atoms with Crippen molar-refractivity contribution in [3.8, 4) is 11.3 Å². The van der Waals surface area contributed by atoms with E-state index in [-0.39, 0.29) is 0 Å². The Balaban J connectivity index is 2.29. The number of hydrogen-bond acceptors (Lipinski definition) is 2.